The Labute approximate surface area is 96.0 Å². The van der Waals surface area contributed by atoms with Gasteiger partial charge >= 0.3 is 0 Å². The first-order valence-corrected chi connectivity index (χ1v) is 6.93. The molecular weight excluding hydrogens is 210 g/mol. The highest BCUT2D eigenvalue weighted by atomic mass is 32.2. The van der Waals surface area contributed by atoms with E-state index >= 15 is 0 Å². The Balaban J connectivity index is 2.09. The van der Waals surface area contributed by atoms with Gasteiger partial charge < -0.3 is 10.4 Å². The summed E-state index contributed by atoms with van der Waals surface area (Å²) in [6.45, 7) is 2.12. The number of carbonyl (C=O) groups is 1. The van der Waals surface area contributed by atoms with Crippen molar-refractivity contribution < 1.29 is 9.90 Å². The molecule has 0 atom stereocenters. The molecule has 1 aliphatic carbocycles. The second kappa shape index (κ2) is 7.12. The van der Waals surface area contributed by atoms with Gasteiger partial charge in [-0.05, 0) is 37.9 Å². The van der Waals surface area contributed by atoms with Gasteiger partial charge in [0.05, 0.1) is 11.9 Å². The molecule has 0 aromatic heterocycles. The summed E-state index contributed by atoms with van der Waals surface area (Å²) in [5.41, 5.74) is 0. The number of amides is 1. The number of carbonyl (C=O) groups excluding carboxylic acids is 1. The second-order valence-electron chi connectivity index (χ2n) is 4.13. The van der Waals surface area contributed by atoms with Crippen LogP contribution in [0.2, 0.25) is 0 Å². The monoisotopic (exact) mass is 231 g/mol. The van der Waals surface area contributed by atoms with Crippen LogP contribution in [-0.4, -0.2) is 34.7 Å². The Bertz CT molecular complexity index is 191. The Morgan fingerprint density at radius 1 is 1.40 bits per heavy atom. The van der Waals surface area contributed by atoms with E-state index < -0.39 is 0 Å². The molecule has 0 saturated heterocycles. The van der Waals surface area contributed by atoms with Gasteiger partial charge in [0.15, 0.2) is 0 Å². The van der Waals surface area contributed by atoms with Gasteiger partial charge in [-0.15, -0.1) is 0 Å². The smallest absolute Gasteiger partial charge is 0.230 e. The van der Waals surface area contributed by atoms with Crippen molar-refractivity contribution >= 4 is 17.7 Å². The highest BCUT2D eigenvalue weighted by Crippen LogP contribution is 2.18. The maximum absolute atomic E-state index is 11.5. The van der Waals surface area contributed by atoms with Crippen LogP contribution in [0.5, 0.6) is 0 Å². The van der Waals surface area contributed by atoms with Gasteiger partial charge in [0.1, 0.15) is 0 Å². The molecule has 1 saturated carbocycles. The van der Waals surface area contributed by atoms with Gasteiger partial charge in [0.25, 0.3) is 0 Å². The summed E-state index contributed by atoms with van der Waals surface area (Å²) >= 11 is 1.69. The third-order valence-electron chi connectivity index (χ3n) is 2.64. The molecule has 0 radical (unpaired) electrons. The van der Waals surface area contributed by atoms with Crippen LogP contribution in [0.15, 0.2) is 0 Å². The summed E-state index contributed by atoms with van der Waals surface area (Å²) in [5.74, 6) is 1.78. The van der Waals surface area contributed by atoms with E-state index in [1.807, 2.05) is 0 Å². The average Bonchev–Trinajstić information content (AvgIpc) is 2.22. The molecule has 0 aromatic carbocycles. The molecular formula is C11H21NO2S. The number of thioether (sulfide) groups is 1. The minimum absolute atomic E-state index is 0.146. The van der Waals surface area contributed by atoms with Gasteiger partial charge in [0, 0.05) is 6.04 Å². The van der Waals surface area contributed by atoms with Crippen molar-refractivity contribution in [2.75, 3.05) is 11.5 Å². The molecule has 1 aliphatic rings. The first kappa shape index (κ1) is 12.8. The number of nitrogens with one attached hydrogen (secondary N) is 1. The minimum atomic E-state index is -0.146. The van der Waals surface area contributed by atoms with Crippen molar-refractivity contribution in [1.82, 2.24) is 5.32 Å². The van der Waals surface area contributed by atoms with Gasteiger partial charge in [-0.3, -0.25) is 4.79 Å². The third-order valence-corrected chi connectivity index (χ3v) is 3.81. The highest BCUT2D eigenvalue weighted by Gasteiger charge is 2.20. The summed E-state index contributed by atoms with van der Waals surface area (Å²) in [6, 6.07) is 0.295. The molecule has 15 heavy (non-hydrogen) atoms. The topological polar surface area (TPSA) is 49.3 Å². The fraction of sp³-hybridized carbons (Fsp3) is 0.909. The molecule has 0 bridgehead atoms. The van der Waals surface area contributed by atoms with Crippen LogP contribution in [0.4, 0.5) is 0 Å². The van der Waals surface area contributed by atoms with Crippen molar-refractivity contribution in [3.8, 4) is 0 Å². The minimum Gasteiger partial charge on any atom is -0.393 e. The van der Waals surface area contributed by atoms with Gasteiger partial charge in [-0.25, -0.2) is 0 Å². The summed E-state index contributed by atoms with van der Waals surface area (Å²) in [4.78, 5) is 11.5. The van der Waals surface area contributed by atoms with E-state index in [4.69, 9.17) is 0 Å². The van der Waals surface area contributed by atoms with E-state index in [1.165, 1.54) is 0 Å². The quantitative estimate of drug-likeness (QED) is 0.706. The summed E-state index contributed by atoms with van der Waals surface area (Å²) in [6.07, 6.45) is 4.47. The molecule has 2 N–H and O–H groups in total. The van der Waals surface area contributed by atoms with E-state index in [0.717, 1.165) is 37.9 Å². The lowest BCUT2D eigenvalue weighted by molar-refractivity contribution is -0.119. The van der Waals surface area contributed by atoms with Gasteiger partial charge in [0.2, 0.25) is 5.91 Å². The molecule has 0 spiro atoms. The van der Waals surface area contributed by atoms with E-state index in [-0.39, 0.29) is 12.0 Å². The number of aliphatic hydroxyl groups is 1. The zero-order valence-electron chi connectivity index (χ0n) is 9.37. The van der Waals surface area contributed by atoms with Crippen LogP contribution in [0.25, 0.3) is 0 Å². The van der Waals surface area contributed by atoms with Crippen LogP contribution >= 0.6 is 11.8 Å². The summed E-state index contributed by atoms with van der Waals surface area (Å²) < 4.78 is 0. The largest absolute Gasteiger partial charge is 0.393 e. The van der Waals surface area contributed by atoms with Crippen molar-refractivity contribution in [2.45, 2.75) is 51.2 Å². The molecule has 1 rings (SSSR count). The average molecular weight is 231 g/mol. The first-order valence-electron chi connectivity index (χ1n) is 5.77. The molecule has 0 heterocycles. The molecule has 88 valence electrons. The van der Waals surface area contributed by atoms with Crippen LogP contribution in [0, 0.1) is 0 Å². The van der Waals surface area contributed by atoms with E-state index in [1.54, 1.807) is 11.8 Å². The predicted octanol–water partition coefficient (Wildman–Crippen LogP) is 1.55. The van der Waals surface area contributed by atoms with Gasteiger partial charge in [-0.2, -0.15) is 11.8 Å². The lowest BCUT2D eigenvalue weighted by Crippen LogP contribution is -2.39. The molecule has 0 aliphatic heterocycles. The predicted molar refractivity (Wildman–Crippen MR) is 64.0 cm³/mol. The zero-order valence-corrected chi connectivity index (χ0v) is 10.2. The second-order valence-corrected chi connectivity index (χ2v) is 5.23. The zero-order chi connectivity index (χ0) is 11.1. The standard InChI is InChI=1S/C11H21NO2S/c1-2-7-15-8-11(14)12-9-3-5-10(13)6-4-9/h9-10,13H,2-8H2,1H3,(H,12,14). The maximum atomic E-state index is 11.5. The van der Waals surface area contributed by atoms with Gasteiger partial charge in [-0.1, -0.05) is 6.92 Å². The number of rotatable bonds is 5. The summed E-state index contributed by atoms with van der Waals surface area (Å²) in [5, 5.41) is 12.3. The van der Waals surface area contributed by atoms with E-state index in [2.05, 4.69) is 12.2 Å². The Hall–Kier alpha value is -0.220. The van der Waals surface area contributed by atoms with Crippen LogP contribution in [-0.2, 0) is 4.79 Å². The molecule has 3 nitrogen and oxygen atoms in total. The molecule has 0 unspecified atom stereocenters. The van der Waals surface area contributed by atoms with Crippen LogP contribution < -0.4 is 5.32 Å². The molecule has 1 fully saturated rings. The molecule has 1 amide bonds. The van der Waals surface area contributed by atoms with Crippen molar-refractivity contribution in [3.05, 3.63) is 0 Å². The van der Waals surface area contributed by atoms with Crippen molar-refractivity contribution in [3.63, 3.8) is 0 Å². The molecule has 0 aromatic rings. The fourth-order valence-electron chi connectivity index (χ4n) is 1.80. The van der Waals surface area contributed by atoms with Crippen LogP contribution in [0.3, 0.4) is 0 Å². The summed E-state index contributed by atoms with van der Waals surface area (Å²) in [7, 11) is 0. The number of hydrogen-bond donors (Lipinski definition) is 2. The molecule has 4 heteroatoms. The normalized spacial score (nSPS) is 26.3. The fourth-order valence-corrected chi connectivity index (χ4v) is 2.50. The number of hydrogen-bond acceptors (Lipinski definition) is 3. The highest BCUT2D eigenvalue weighted by molar-refractivity contribution is 7.99. The lowest BCUT2D eigenvalue weighted by atomic mass is 9.93. The maximum Gasteiger partial charge on any atom is 0.230 e. The number of aliphatic hydroxyl groups excluding tert-OH is 1. The Morgan fingerprint density at radius 2 is 2.07 bits per heavy atom. The van der Waals surface area contributed by atoms with Crippen molar-refractivity contribution in [2.24, 2.45) is 0 Å². The lowest BCUT2D eigenvalue weighted by Gasteiger charge is -2.26. The third kappa shape index (κ3) is 5.42. The van der Waals surface area contributed by atoms with Crippen molar-refractivity contribution in [1.29, 1.82) is 0 Å². The van der Waals surface area contributed by atoms with E-state index in [9.17, 15) is 9.90 Å². The Morgan fingerprint density at radius 3 is 2.67 bits per heavy atom. The first-order chi connectivity index (χ1) is 7.22. The Kier molecular flexibility index (Phi) is 6.10. The van der Waals surface area contributed by atoms with E-state index in [0.29, 0.717) is 11.8 Å². The SMILES string of the molecule is CCCSCC(=O)NC1CCC(O)CC1. The van der Waals surface area contributed by atoms with Crippen LogP contribution in [0.1, 0.15) is 39.0 Å².